The first-order chi connectivity index (χ1) is 14.7. The summed E-state index contributed by atoms with van der Waals surface area (Å²) in [5, 5.41) is 13.9. The standard InChI is InChI=1S/C23H18ClN5O/c24-22-12-18(7-6-17-4-5-17)8-9-21(22)23(14-29-11-10-26-16-29)28-30-15-20-3-1-2-19(13-25)27-20/h1-3,8-12,16-17H,4-5,14-15H2/b28-23+. The van der Waals surface area contributed by atoms with Gasteiger partial charge in [0.05, 0.1) is 23.6 Å². The average molecular weight is 416 g/mol. The third-order valence-electron chi connectivity index (χ3n) is 4.48. The highest BCUT2D eigenvalue weighted by Gasteiger charge is 2.18. The Balaban J connectivity index is 1.55. The topological polar surface area (TPSA) is 76.1 Å². The third-order valence-corrected chi connectivity index (χ3v) is 4.79. The quantitative estimate of drug-likeness (QED) is 0.343. The van der Waals surface area contributed by atoms with Gasteiger partial charge in [0.15, 0.2) is 6.61 Å². The molecule has 7 heteroatoms. The lowest BCUT2D eigenvalue weighted by Gasteiger charge is -2.10. The molecule has 0 bridgehead atoms. The van der Waals surface area contributed by atoms with Gasteiger partial charge in [-0.3, -0.25) is 0 Å². The van der Waals surface area contributed by atoms with Gasteiger partial charge in [-0.1, -0.05) is 40.7 Å². The van der Waals surface area contributed by atoms with E-state index < -0.39 is 0 Å². The molecule has 1 aliphatic rings. The summed E-state index contributed by atoms with van der Waals surface area (Å²) in [5.41, 5.74) is 3.26. The maximum atomic E-state index is 8.98. The Kier molecular flexibility index (Phi) is 6.08. The zero-order chi connectivity index (χ0) is 20.8. The summed E-state index contributed by atoms with van der Waals surface area (Å²) in [6.07, 6.45) is 7.62. The fourth-order valence-corrected chi connectivity index (χ4v) is 3.04. The van der Waals surface area contributed by atoms with Crippen molar-refractivity contribution in [2.45, 2.75) is 26.0 Å². The second-order valence-electron chi connectivity index (χ2n) is 6.91. The predicted molar refractivity (Wildman–Crippen MR) is 114 cm³/mol. The van der Waals surface area contributed by atoms with Crippen LogP contribution in [0.15, 0.2) is 60.3 Å². The Bertz CT molecular complexity index is 1160. The van der Waals surface area contributed by atoms with E-state index in [1.807, 2.05) is 35.0 Å². The molecule has 0 amide bonds. The van der Waals surface area contributed by atoms with Crippen LogP contribution in [-0.4, -0.2) is 20.2 Å². The molecular formula is C23H18ClN5O. The maximum Gasteiger partial charge on any atom is 0.159 e. The number of oxime groups is 1. The van der Waals surface area contributed by atoms with E-state index in [4.69, 9.17) is 21.7 Å². The van der Waals surface area contributed by atoms with Gasteiger partial charge in [-0.2, -0.15) is 5.26 Å². The van der Waals surface area contributed by atoms with Crippen LogP contribution in [0, 0.1) is 29.1 Å². The van der Waals surface area contributed by atoms with E-state index in [2.05, 4.69) is 27.0 Å². The van der Waals surface area contributed by atoms with Gasteiger partial charge in [-0.05, 0) is 37.1 Å². The largest absolute Gasteiger partial charge is 0.389 e. The molecule has 1 aromatic carbocycles. The number of hydrogen-bond acceptors (Lipinski definition) is 5. The molecule has 1 fully saturated rings. The summed E-state index contributed by atoms with van der Waals surface area (Å²) in [5.74, 6) is 6.95. The van der Waals surface area contributed by atoms with Crippen LogP contribution < -0.4 is 0 Å². The van der Waals surface area contributed by atoms with Crippen LogP contribution in [-0.2, 0) is 18.0 Å². The van der Waals surface area contributed by atoms with E-state index in [0.29, 0.717) is 34.6 Å². The van der Waals surface area contributed by atoms with E-state index in [1.165, 1.54) is 12.8 Å². The molecule has 0 atom stereocenters. The van der Waals surface area contributed by atoms with Crippen molar-refractivity contribution in [2.24, 2.45) is 11.1 Å². The van der Waals surface area contributed by atoms with Crippen LogP contribution in [0.3, 0.4) is 0 Å². The lowest BCUT2D eigenvalue weighted by molar-refractivity contribution is 0.127. The Morgan fingerprint density at radius 1 is 1.30 bits per heavy atom. The molecule has 2 heterocycles. The molecular weight excluding hydrogens is 398 g/mol. The van der Waals surface area contributed by atoms with Crippen molar-refractivity contribution in [1.29, 1.82) is 5.26 Å². The fourth-order valence-electron chi connectivity index (χ4n) is 2.75. The number of benzene rings is 1. The molecule has 6 nitrogen and oxygen atoms in total. The van der Waals surface area contributed by atoms with Crippen molar-refractivity contribution >= 4 is 17.3 Å². The number of nitriles is 1. The predicted octanol–water partition coefficient (Wildman–Crippen LogP) is 4.19. The highest BCUT2D eigenvalue weighted by atomic mass is 35.5. The van der Waals surface area contributed by atoms with Crippen LogP contribution >= 0.6 is 11.6 Å². The van der Waals surface area contributed by atoms with Crippen LogP contribution in [0.1, 0.15) is 35.4 Å². The lowest BCUT2D eigenvalue weighted by Crippen LogP contribution is -2.12. The zero-order valence-electron chi connectivity index (χ0n) is 16.1. The number of hydrogen-bond donors (Lipinski definition) is 0. The minimum Gasteiger partial charge on any atom is -0.389 e. The van der Waals surface area contributed by atoms with E-state index >= 15 is 0 Å². The van der Waals surface area contributed by atoms with E-state index in [-0.39, 0.29) is 6.61 Å². The number of rotatable bonds is 6. The molecule has 1 aliphatic carbocycles. The molecule has 0 N–H and O–H groups in total. The Morgan fingerprint density at radius 3 is 2.93 bits per heavy atom. The van der Waals surface area contributed by atoms with Crippen LogP contribution in [0.25, 0.3) is 0 Å². The van der Waals surface area contributed by atoms with Gasteiger partial charge in [-0.15, -0.1) is 0 Å². The number of aromatic nitrogens is 3. The monoisotopic (exact) mass is 415 g/mol. The van der Waals surface area contributed by atoms with Gasteiger partial charge >= 0.3 is 0 Å². The normalized spacial score (nSPS) is 13.3. The first kappa shape index (κ1) is 19.7. The van der Waals surface area contributed by atoms with E-state index in [9.17, 15) is 0 Å². The Morgan fingerprint density at radius 2 is 2.20 bits per heavy atom. The lowest BCUT2D eigenvalue weighted by atomic mass is 10.1. The zero-order valence-corrected chi connectivity index (χ0v) is 16.9. The molecule has 2 aromatic heterocycles. The molecule has 3 aromatic rings. The average Bonchev–Trinajstić information content (AvgIpc) is 3.46. The van der Waals surface area contributed by atoms with Crippen LogP contribution in [0.5, 0.6) is 0 Å². The highest BCUT2D eigenvalue weighted by molar-refractivity contribution is 6.34. The summed E-state index contributed by atoms with van der Waals surface area (Å²) in [4.78, 5) is 13.8. The molecule has 0 unspecified atom stereocenters. The Labute approximate surface area is 179 Å². The maximum absolute atomic E-state index is 8.98. The summed E-state index contributed by atoms with van der Waals surface area (Å²) < 4.78 is 1.88. The summed E-state index contributed by atoms with van der Waals surface area (Å²) in [6.45, 7) is 0.587. The van der Waals surface area contributed by atoms with E-state index in [1.54, 1.807) is 30.7 Å². The van der Waals surface area contributed by atoms with Crippen molar-refractivity contribution in [2.75, 3.05) is 0 Å². The smallest absolute Gasteiger partial charge is 0.159 e. The minimum absolute atomic E-state index is 0.144. The molecule has 0 aliphatic heterocycles. The van der Waals surface area contributed by atoms with Crippen molar-refractivity contribution in [3.63, 3.8) is 0 Å². The van der Waals surface area contributed by atoms with Gasteiger partial charge in [-0.25, -0.2) is 9.97 Å². The van der Waals surface area contributed by atoms with Gasteiger partial charge in [0.1, 0.15) is 17.5 Å². The van der Waals surface area contributed by atoms with Gasteiger partial charge < -0.3 is 9.40 Å². The summed E-state index contributed by atoms with van der Waals surface area (Å²) >= 11 is 6.55. The molecule has 4 rings (SSSR count). The van der Waals surface area contributed by atoms with Gasteiger partial charge in [0.2, 0.25) is 0 Å². The molecule has 0 spiro atoms. The number of imidazole rings is 1. The second-order valence-corrected chi connectivity index (χ2v) is 7.32. The minimum atomic E-state index is 0.144. The SMILES string of the molecule is N#Cc1cccc(CO/N=C(\Cn2ccnc2)c2ccc(C#CC3CC3)cc2Cl)n1. The number of nitrogens with zero attached hydrogens (tertiary/aromatic N) is 5. The molecule has 0 saturated heterocycles. The van der Waals surface area contributed by atoms with Crippen LogP contribution in [0.4, 0.5) is 0 Å². The first-order valence-corrected chi connectivity index (χ1v) is 9.91. The highest BCUT2D eigenvalue weighted by Crippen LogP contribution is 2.28. The number of halogens is 1. The van der Waals surface area contributed by atoms with E-state index in [0.717, 1.165) is 11.1 Å². The molecule has 30 heavy (non-hydrogen) atoms. The summed E-state index contributed by atoms with van der Waals surface area (Å²) in [6, 6.07) is 12.9. The van der Waals surface area contributed by atoms with Gasteiger partial charge in [0.25, 0.3) is 0 Å². The van der Waals surface area contributed by atoms with Crippen molar-refractivity contribution in [1.82, 2.24) is 14.5 Å². The van der Waals surface area contributed by atoms with Gasteiger partial charge in [0, 0.05) is 29.4 Å². The third kappa shape index (κ3) is 5.26. The molecule has 0 radical (unpaired) electrons. The fraction of sp³-hybridized carbons (Fsp3) is 0.217. The van der Waals surface area contributed by atoms with Crippen molar-refractivity contribution in [3.8, 4) is 17.9 Å². The molecule has 148 valence electrons. The molecule has 1 saturated carbocycles. The summed E-state index contributed by atoms with van der Waals surface area (Å²) in [7, 11) is 0. The first-order valence-electron chi connectivity index (χ1n) is 9.53. The van der Waals surface area contributed by atoms with Crippen molar-refractivity contribution < 1.29 is 4.84 Å². The number of pyridine rings is 1. The van der Waals surface area contributed by atoms with Crippen LogP contribution in [0.2, 0.25) is 5.02 Å². The second kappa shape index (κ2) is 9.26. The Hall–Kier alpha value is -3.61. The van der Waals surface area contributed by atoms with Crippen molar-refractivity contribution in [3.05, 3.63) is 82.7 Å².